The maximum absolute atomic E-state index is 12.5. The Morgan fingerprint density at radius 2 is 2.29 bits per heavy atom. The van der Waals surface area contributed by atoms with Crippen molar-refractivity contribution in [2.45, 2.75) is 18.8 Å². The van der Waals surface area contributed by atoms with Gasteiger partial charge in [0.15, 0.2) is 0 Å². The fourth-order valence-corrected chi connectivity index (χ4v) is 3.48. The van der Waals surface area contributed by atoms with Crippen molar-refractivity contribution >= 4 is 17.2 Å². The summed E-state index contributed by atoms with van der Waals surface area (Å²) in [6.07, 6.45) is 6.40. The van der Waals surface area contributed by atoms with Gasteiger partial charge in [0.05, 0.1) is 17.0 Å². The number of aromatic nitrogens is 4. The van der Waals surface area contributed by atoms with Crippen LogP contribution >= 0.6 is 11.3 Å². The van der Waals surface area contributed by atoms with E-state index in [1.54, 1.807) is 22.4 Å². The van der Waals surface area contributed by atoms with Crippen molar-refractivity contribution < 1.29 is 9.21 Å². The zero-order valence-corrected chi connectivity index (χ0v) is 13.6. The van der Waals surface area contributed by atoms with Crippen LogP contribution in [0.3, 0.4) is 0 Å². The van der Waals surface area contributed by atoms with Crippen LogP contribution in [0, 0.1) is 0 Å². The van der Waals surface area contributed by atoms with Gasteiger partial charge in [-0.05, 0) is 24.3 Å². The molecule has 4 rings (SSSR count). The molecule has 1 aliphatic heterocycles. The second-order valence-electron chi connectivity index (χ2n) is 5.60. The Hall–Kier alpha value is -2.61. The van der Waals surface area contributed by atoms with Crippen molar-refractivity contribution in [1.29, 1.82) is 0 Å². The summed E-state index contributed by atoms with van der Waals surface area (Å²) in [6, 6.07) is 3.90. The van der Waals surface area contributed by atoms with Gasteiger partial charge in [0.25, 0.3) is 11.8 Å². The third kappa shape index (κ3) is 2.92. The number of thiophene rings is 1. The topological polar surface area (TPSA) is 85.0 Å². The molecule has 3 aromatic rings. The van der Waals surface area contributed by atoms with Crippen LogP contribution in [0.25, 0.3) is 10.8 Å². The maximum Gasteiger partial charge on any atom is 0.274 e. The molecule has 1 fully saturated rings. The third-order valence-corrected chi connectivity index (χ3v) is 4.87. The van der Waals surface area contributed by atoms with E-state index in [1.165, 1.54) is 12.4 Å². The zero-order chi connectivity index (χ0) is 16.4. The van der Waals surface area contributed by atoms with E-state index in [9.17, 15) is 4.79 Å². The molecular weight excluding hydrogens is 326 g/mol. The van der Waals surface area contributed by atoms with Crippen molar-refractivity contribution in [3.8, 4) is 10.8 Å². The van der Waals surface area contributed by atoms with Gasteiger partial charge in [0.1, 0.15) is 5.69 Å². The Labute approximate surface area is 142 Å². The second kappa shape index (κ2) is 6.48. The van der Waals surface area contributed by atoms with Crippen LogP contribution in [0.5, 0.6) is 0 Å². The molecule has 0 N–H and O–H groups in total. The minimum Gasteiger partial charge on any atom is -0.420 e. The highest BCUT2D eigenvalue weighted by atomic mass is 32.1. The van der Waals surface area contributed by atoms with Crippen LogP contribution in [-0.2, 0) is 0 Å². The number of piperidine rings is 1. The summed E-state index contributed by atoms with van der Waals surface area (Å²) in [6.45, 7) is 1.26. The molecule has 0 bridgehead atoms. The predicted molar refractivity (Wildman–Crippen MR) is 87.5 cm³/mol. The lowest BCUT2D eigenvalue weighted by molar-refractivity contribution is 0.0692. The van der Waals surface area contributed by atoms with E-state index in [2.05, 4.69) is 20.2 Å². The van der Waals surface area contributed by atoms with Crippen LogP contribution < -0.4 is 0 Å². The monoisotopic (exact) mass is 341 g/mol. The van der Waals surface area contributed by atoms with Gasteiger partial charge >= 0.3 is 0 Å². The van der Waals surface area contributed by atoms with E-state index < -0.39 is 0 Å². The molecule has 7 nitrogen and oxygen atoms in total. The fraction of sp³-hybridized carbons (Fsp3) is 0.312. The predicted octanol–water partition coefficient (Wildman–Crippen LogP) is 2.61. The average Bonchev–Trinajstić information content (AvgIpc) is 3.33. The minimum atomic E-state index is -0.106. The number of amides is 1. The summed E-state index contributed by atoms with van der Waals surface area (Å²) in [5.74, 6) is 1.08. The van der Waals surface area contributed by atoms with Crippen molar-refractivity contribution in [2.24, 2.45) is 0 Å². The molecule has 0 aliphatic carbocycles. The smallest absolute Gasteiger partial charge is 0.274 e. The normalized spacial score (nSPS) is 17.8. The van der Waals surface area contributed by atoms with E-state index >= 15 is 0 Å². The van der Waals surface area contributed by atoms with E-state index in [1.807, 2.05) is 17.5 Å². The number of nitrogens with zero attached hydrogens (tertiary/aromatic N) is 5. The van der Waals surface area contributed by atoms with E-state index in [-0.39, 0.29) is 11.8 Å². The van der Waals surface area contributed by atoms with Crippen LogP contribution in [0.15, 0.2) is 40.5 Å². The summed E-state index contributed by atoms with van der Waals surface area (Å²) in [7, 11) is 0. The molecule has 3 aromatic heterocycles. The number of hydrogen-bond donors (Lipinski definition) is 0. The van der Waals surface area contributed by atoms with E-state index in [4.69, 9.17) is 4.42 Å². The van der Waals surface area contributed by atoms with Crippen molar-refractivity contribution in [3.63, 3.8) is 0 Å². The quantitative estimate of drug-likeness (QED) is 0.728. The lowest BCUT2D eigenvalue weighted by atomic mass is 9.98. The lowest BCUT2D eigenvalue weighted by Crippen LogP contribution is -2.39. The SMILES string of the molecule is O=C(c1cnccn1)N1CCC[C@@H](c2nnc(-c3cccs3)o2)C1. The Morgan fingerprint density at radius 1 is 1.33 bits per heavy atom. The Balaban J connectivity index is 1.50. The van der Waals surface area contributed by atoms with Gasteiger partial charge in [-0.15, -0.1) is 21.5 Å². The molecule has 1 saturated heterocycles. The summed E-state index contributed by atoms with van der Waals surface area (Å²) in [5, 5.41) is 10.3. The molecule has 1 atom stereocenters. The average molecular weight is 341 g/mol. The molecule has 1 aliphatic rings. The van der Waals surface area contributed by atoms with E-state index in [0.29, 0.717) is 30.6 Å². The Kier molecular flexibility index (Phi) is 4.04. The van der Waals surface area contributed by atoms with Crippen LogP contribution in [0.2, 0.25) is 0 Å². The fourth-order valence-electron chi connectivity index (χ4n) is 2.83. The Bertz CT molecular complexity index is 818. The van der Waals surface area contributed by atoms with Crippen LogP contribution in [0.1, 0.15) is 35.1 Å². The van der Waals surface area contributed by atoms with Gasteiger partial charge in [-0.25, -0.2) is 4.98 Å². The molecular formula is C16H15N5O2S. The molecule has 0 radical (unpaired) electrons. The van der Waals surface area contributed by atoms with Crippen LogP contribution in [0.4, 0.5) is 0 Å². The van der Waals surface area contributed by atoms with Gasteiger partial charge in [-0.2, -0.15) is 0 Å². The van der Waals surface area contributed by atoms with Gasteiger partial charge in [0.2, 0.25) is 5.89 Å². The maximum atomic E-state index is 12.5. The summed E-state index contributed by atoms with van der Waals surface area (Å²) in [4.78, 5) is 23.3. The zero-order valence-electron chi connectivity index (χ0n) is 12.8. The summed E-state index contributed by atoms with van der Waals surface area (Å²) >= 11 is 1.56. The van der Waals surface area contributed by atoms with Crippen molar-refractivity contribution in [2.75, 3.05) is 13.1 Å². The van der Waals surface area contributed by atoms with Gasteiger partial charge in [-0.3, -0.25) is 9.78 Å². The molecule has 0 saturated carbocycles. The van der Waals surface area contributed by atoms with Gasteiger partial charge < -0.3 is 9.32 Å². The molecule has 1 amide bonds. The number of rotatable bonds is 3. The van der Waals surface area contributed by atoms with Crippen molar-refractivity contribution in [3.05, 3.63) is 47.7 Å². The minimum absolute atomic E-state index is 0.0561. The number of carbonyl (C=O) groups excluding carboxylic acids is 1. The number of hydrogen-bond acceptors (Lipinski definition) is 7. The second-order valence-corrected chi connectivity index (χ2v) is 6.55. The first-order valence-corrected chi connectivity index (χ1v) is 8.62. The first kappa shape index (κ1) is 14.9. The summed E-state index contributed by atoms with van der Waals surface area (Å²) in [5.41, 5.74) is 0.364. The molecule has 0 spiro atoms. The summed E-state index contributed by atoms with van der Waals surface area (Å²) < 4.78 is 5.82. The first-order valence-electron chi connectivity index (χ1n) is 7.74. The molecule has 122 valence electrons. The molecule has 24 heavy (non-hydrogen) atoms. The van der Waals surface area contributed by atoms with Gasteiger partial charge in [-0.1, -0.05) is 6.07 Å². The highest BCUT2D eigenvalue weighted by molar-refractivity contribution is 7.13. The third-order valence-electron chi connectivity index (χ3n) is 4.01. The standard InChI is InChI=1S/C16H15N5O2S/c22-16(12-9-17-5-6-18-12)21-7-1-3-11(10-21)14-19-20-15(23-14)13-4-2-8-24-13/h2,4-6,8-9,11H,1,3,7,10H2/t11-/m1/s1. The highest BCUT2D eigenvalue weighted by Crippen LogP contribution is 2.30. The first-order chi connectivity index (χ1) is 11.8. The Morgan fingerprint density at radius 3 is 3.08 bits per heavy atom. The van der Waals surface area contributed by atoms with Crippen molar-refractivity contribution in [1.82, 2.24) is 25.1 Å². The molecule has 4 heterocycles. The molecule has 0 aromatic carbocycles. The lowest BCUT2D eigenvalue weighted by Gasteiger charge is -2.30. The van der Waals surface area contributed by atoms with Crippen LogP contribution in [-0.4, -0.2) is 44.1 Å². The number of likely N-dealkylation sites (tertiary alicyclic amines) is 1. The van der Waals surface area contributed by atoms with E-state index in [0.717, 1.165) is 17.7 Å². The molecule has 8 heteroatoms. The van der Waals surface area contributed by atoms with Gasteiger partial charge in [0, 0.05) is 25.5 Å². The highest BCUT2D eigenvalue weighted by Gasteiger charge is 2.29. The molecule has 0 unspecified atom stereocenters. The largest absolute Gasteiger partial charge is 0.420 e. The number of carbonyl (C=O) groups is 1.